The van der Waals surface area contributed by atoms with E-state index in [0.717, 1.165) is 17.1 Å². The molecule has 4 nitrogen and oxygen atoms in total. The van der Waals surface area contributed by atoms with Gasteiger partial charge in [0.05, 0.1) is 0 Å². The highest BCUT2D eigenvalue weighted by atomic mass is 16.2. The smallest absolute Gasteiger partial charge is 0.276 e. The molecule has 1 N–H and O–H groups in total. The van der Waals surface area contributed by atoms with E-state index in [1.165, 1.54) is 0 Å². The Bertz CT molecular complexity index is 788. The summed E-state index contributed by atoms with van der Waals surface area (Å²) in [5.41, 5.74) is 3.03. The minimum Gasteiger partial charge on any atom is -0.355 e. The molecule has 114 valence electrons. The zero-order valence-corrected chi connectivity index (χ0v) is 12.8. The van der Waals surface area contributed by atoms with E-state index in [4.69, 9.17) is 0 Å². The molecule has 0 fully saturated rings. The zero-order chi connectivity index (χ0) is 16.1. The summed E-state index contributed by atoms with van der Waals surface area (Å²) in [5.74, 6) is -0.145. The number of carbonyl (C=O) groups excluding carboxylic acids is 1. The summed E-state index contributed by atoms with van der Waals surface area (Å²) >= 11 is 0. The number of pyridine rings is 1. The molecule has 1 heterocycles. The Hall–Kier alpha value is -3.14. The summed E-state index contributed by atoms with van der Waals surface area (Å²) in [7, 11) is 1.75. The third kappa shape index (κ3) is 3.55. The normalized spacial score (nSPS) is 10.1. The van der Waals surface area contributed by atoms with Gasteiger partial charge in [-0.15, -0.1) is 0 Å². The van der Waals surface area contributed by atoms with Gasteiger partial charge in [-0.2, -0.15) is 0 Å². The summed E-state index contributed by atoms with van der Waals surface area (Å²) < 4.78 is 0. The highest BCUT2D eigenvalue weighted by Gasteiger charge is 2.15. The first kappa shape index (κ1) is 14.8. The van der Waals surface area contributed by atoms with Crippen molar-refractivity contribution in [1.82, 2.24) is 4.98 Å². The van der Waals surface area contributed by atoms with Crippen LogP contribution in [0.25, 0.3) is 0 Å². The van der Waals surface area contributed by atoms with Gasteiger partial charge >= 0.3 is 0 Å². The van der Waals surface area contributed by atoms with Crippen LogP contribution in [0.1, 0.15) is 10.5 Å². The average molecular weight is 303 g/mol. The predicted molar refractivity (Wildman–Crippen MR) is 93.1 cm³/mol. The van der Waals surface area contributed by atoms with Crippen molar-refractivity contribution < 1.29 is 4.79 Å². The third-order valence-corrected chi connectivity index (χ3v) is 3.49. The van der Waals surface area contributed by atoms with Gasteiger partial charge in [-0.1, -0.05) is 36.4 Å². The van der Waals surface area contributed by atoms with Gasteiger partial charge in [0.1, 0.15) is 5.69 Å². The third-order valence-electron chi connectivity index (χ3n) is 3.49. The second-order valence-electron chi connectivity index (χ2n) is 5.12. The maximum Gasteiger partial charge on any atom is 0.276 e. The molecule has 0 unspecified atom stereocenters. The van der Waals surface area contributed by atoms with Crippen LogP contribution in [-0.4, -0.2) is 17.9 Å². The average Bonchev–Trinajstić information content (AvgIpc) is 2.62. The lowest BCUT2D eigenvalue weighted by Gasteiger charge is -2.17. The fourth-order valence-electron chi connectivity index (χ4n) is 2.25. The van der Waals surface area contributed by atoms with Crippen LogP contribution in [0.3, 0.4) is 0 Å². The van der Waals surface area contributed by atoms with Gasteiger partial charge in [-0.25, -0.2) is 0 Å². The minimum atomic E-state index is -0.145. The van der Waals surface area contributed by atoms with Gasteiger partial charge < -0.3 is 10.2 Å². The van der Waals surface area contributed by atoms with Crippen LogP contribution in [-0.2, 0) is 0 Å². The molecule has 0 aliphatic carbocycles. The summed E-state index contributed by atoms with van der Waals surface area (Å²) in [4.78, 5) is 18.4. The summed E-state index contributed by atoms with van der Waals surface area (Å²) in [6.45, 7) is 0. The molecular weight excluding hydrogens is 286 g/mol. The van der Waals surface area contributed by atoms with Crippen LogP contribution >= 0.6 is 0 Å². The molecular formula is C19H17N3O. The van der Waals surface area contributed by atoms with E-state index < -0.39 is 0 Å². The topological polar surface area (TPSA) is 45.2 Å². The van der Waals surface area contributed by atoms with E-state index in [2.05, 4.69) is 10.3 Å². The van der Waals surface area contributed by atoms with E-state index in [1.807, 2.05) is 66.7 Å². The number of carbonyl (C=O) groups is 1. The molecule has 4 heteroatoms. The Labute approximate surface area is 135 Å². The number of hydrogen-bond acceptors (Lipinski definition) is 3. The molecule has 3 rings (SSSR count). The highest BCUT2D eigenvalue weighted by molar-refractivity contribution is 6.04. The molecule has 0 bridgehead atoms. The van der Waals surface area contributed by atoms with Crippen molar-refractivity contribution in [3.05, 3.63) is 84.7 Å². The fourth-order valence-corrected chi connectivity index (χ4v) is 2.25. The number of benzene rings is 2. The van der Waals surface area contributed by atoms with E-state index in [0.29, 0.717) is 5.69 Å². The van der Waals surface area contributed by atoms with Gasteiger partial charge in [0, 0.05) is 30.3 Å². The Morgan fingerprint density at radius 1 is 0.913 bits per heavy atom. The maximum atomic E-state index is 12.6. The molecule has 1 amide bonds. The number of anilines is 3. The number of amides is 1. The van der Waals surface area contributed by atoms with E-state index in [9.17, 15) is 4.79 Å². The van der Waals surface area contributed by atoms with Crippen molar-refractivity contribution in [2.45, 2.75) is 0 Å². The van der Waals surface area contributed by atoms with Crippen LogP contribution in [0.2, 0.25) is 0 Å². The molecule has 0 atom stereocenters. The van der Waals surface area contributed by atoms with Crippen molar-refractivity contribution in [1.29, 1.82) is 0 Å². The predicted octanol–water partition coefficient (Wildman–Crippen LogP) is 4.10. The monoisotopic (exact) mass is 303 g/mol. The highest BCUT2D eigenvalue weighted by Crippen LogP contribution is 2.18. The molecule has 1 aromatic heterocycles. The van der Waals surface area contributed by atoms with Crippen LogP contribution in [0.15, 0.2) is 79.0 Å². The molecule has 0 saturated heterocycles. The zero-order valence-electron chi connectivity index (χ0n) is 12.8. The fraction of sp³-hybridized carbons (Fsp3) is 0.0526. The summed E-state index contributed by atoms with van der Waals surface area (Å²) in [6, 6.07) is 22.9. The molecule has 0 aliphatic rings. The Morgan fingerprint density at radius 3 is 2.26 bits per heavy atom. The molecule has 3 aromatic rings. The first-order valence-electron chi connectivity index (χ1n) is 7.35. The van der Waals surface area contributed by atoms with Gasteiger partial charge in [0.25, 0.3) is 5.91 Å². The minimum absolute atomic E-state index is 0.145. The van der Waals surface area contributed by atoms with Crippen LogP contribution < -0.4 is 10.2 Å². The standard InChI is InChI=1S/C19H17N3O/c1-22(17-10-6-3-7-11-17)19(23)18-14-16(12-13-20-18)21-15-8-4-2-5-9-15/h2-14H,1H3,(H,20,21). The molecule has 2 aromatic carbocycles. The van der Waals surface area contributed by atoms with Gasteiger partial charge in [-0.05, 0) is 36.4 Å². The SMILES string of the molecule is CN(C(=O)c1cc(Nc2ccccc2)ccn1)c1ccccc1. The number of hydrogen-bond donors (Lipinski definition) is 1. The maximum absolute atomic E-state index is 12.6. The number of nitrogens with zero attached hydrogens (tertiary/aromatic N) is 2. The molecule has 23 heavy (non-hydrogen) atoms. The van der Waals surface area contributed by atoms with Crippen molar-refractivity contribution in [3.63, 3.8) is 0 Å². The molecule has 0 spiro atoms. The lowest BCUT2D eigenvalue weighted by Crippen LogP contribution is -2.27. The summed E-state index contributed by atoms with van der Waals surface area (Å²) in [6.07, 6.45) is 1.64. The summed E-state index contributed by atoms with van der Waals surface area (Å²) in [5, 5.41) is 3.27. The van der Waals surface area contributed by atoms with Gasteiger partial charge in [0.2, 0.25) is 0 Å². The number of nitrogens with one attached hydrogen (secondary N) is 1. The van der Waals surface area contributed by atoms with Crippen LogP contribution in [0.5, 0.6) is 0 Å². The van der Waals surface area contributed by atoms with E-state index in [1.54, 1.807) is 24.2 Å². The number of para-hydroxylation sites is 2. The quantitative estimate of drug-likeness (QED) is 0.789. The lowest BCUT2D eigenvalue weighted by atomic mass is 10.2. The van der Waals surface area contributed by atoms with Crippen molar-refractivity contribution >= 4 is 23.0 Å². The van der Waals surface area contributed by atoms with Crippen molar-refractivity contribution in [3.8, 4) is 0 Å². The van der Waals surface area contributed by atoms with Crippen LogP contribution in [0, 0.1) is 0 Å². The van der Waals surface area contributed by atoms with E-state index >= 15 is 0 Å². The lowest BCUT2D eigenvalue weighted by molar-refractivity contribution is 0.0988. The second kappa shape index (κ2) is 6.75. The number of rotatable bonds is 4. The molecule has 0 aliphatic heterocycles. The Kier molecular flexibility index (Phi) is 4.34. The van der Waals surface area contributed by atoms with Gasteiger partial charge in [-0.3, -0.25) is 9.78 Å². The Morgan fingerprint density at radius 2 is 1.57 bits per heavy atom. The second-order valence-corrected chi connectivity index (χ2v) is 5.12. The van der Waals surface area contributed by atoms with Crippen molar-refractivity contribution in [2.24, 2.45) is 0 Å². The Balaban J connectivity index is 1.80. The van der Waals surface area contributed by atoms with E-state index in [-0.39, 0.29) is 5.91 Å². The molecule has 0 radical (unpaired) electrons. The first-order chi connectivity index (χ1) is 11.2. The largest absolute Gasteiger partial charge is 0.355 e. The van der Waals surface area contributed by atoms with Crippen molar-refractivity contribution in [2.75, 3.05) is 17.3 Å². The van der Waals surface area contributed by atoms with Crippen LogP contribution in [0.4, 0.5) is 17.1 Å². The van der Waals surface area contributed by atoms with Gasteiger partial charge in [0.15, 0.2) is 0 Å². The first-order valence-corrected chi connectivity index (χ1v) is 7.35. The molecule has 0 saturated carbocycles. The number of aromatic nitrogens is 1.